The van der Waals surface area contributed by atoms with E-state index in [9.17, 15) is 4.39 Å². The predicted octanol–water partition coefficient (Wildman–Crippen LogP) is 2.48. The summed E-state index contributed by atoms with van der Waals surface area (Å²) in [5.41, 5.74) is 2.00. The zero-order valence-electron chi connectivity index (χ0n) is 13.3. The van der Waals surface area contributed by atoms with Gasteiger partial charge in [-0.2, -0.15) is 0 Å². The lowest BCUT2D eigenvalue weighted by Crippen LogP contribution is -2.36. The largest absolute Gasteiger partial charge is 0.481 e. The van der Waals surface area contributed by atoms with Crippen molar-refractivity contribution < 1.29 is 9.13 Å². The van der Waals surface area contributed by atoms with Crippen molar-refractivity contribution in [3.8, 4) is 5.88 Å². The number of methoxy groups -OCH3 is 1. The van der Waals surface area contributed by atoms with Crippen LogP contribution in [0.25, 0.3) is 0 Å². The highest BCUT2D eigenvalue weighted by molar-refractivity contribution is 5.79. The van der Waals surface area contributed by atoms with Crippen LogP contribution in [-0.2, 0) is 13.1 Å². The number of rotatable bonds is 6. The second-order valence-electron chi connectivity index (χ2n) is 4.88. The monoisotopic (exact) mass is 316 g/mol. The third-order valence-corrected chi connectivity index (χ3v) is 3.15. The van der Waals surface area contributed by atoms with Crippen LogP contribution >= 0.6 is 0 Å². The zero-order chi connectivity index (χ0) is 16.5. The molecule has 1 aromatic carbocycles. The van der Waals surface area contributed by atoms with E-state index < -0.39 is 0 Å². The molecule has 2 N–H and O–H groups in total. The minimum Gasteiger partial charge on any atom is -0.481 e. The smallest absolute Gasteiger partial charge is 0.213 e. The Bertz CT molecular complexity index is 643. The molecule has 0 atom stereocenters. The molecule has 0 radical (unpaired) electrons. The third kappa shape index (κ3) is 5.58. The maximum Gasteiger partial charge on any atom is 0.213 e. The molecular formula is C17H21FN4O. The number of hydrogen-bond acceptors (Lipinski definition) is 3. The molecule has 0 bridgehead atoms. The number of guanidine groups is 1. The minimum absolute atomic E-state index is 0.235. The van der Waals surface area contributed by atoms with E-state index >= 15 is 0 Å². The molecule has 2 aromatic rings. The Morgan fingerprint density at radius 3 is 2.65 bits per heavy atom. The van der Waals surface area contributed by atoms with Gasteiger partial charge in [0.1, 0.15) is 5.82 Å². The van der Waals surface area contributed by atoms with Gasteiger partial charge in [0.15, 0.2) is 5.96 Å². The molecule has 122 valence electrons. The summed E-state index contributed by atoms with van der Waals surface area (Å²) in [4.78, 5) is 8.60. The van der Waals surface area contributed by atoms with Gasteiger partial charge in [0.25, 0.3) is 0 Å². The molecule has 0 spiro atoms. The molecule has 6 heteroatoms. The Balaban J connectivity index is 1.97. The van der Waals surface area contributed by atoms with E-state index in [1.807, 2.05) is 19.1 Å². The summed E-state index contributed by atoms with van der Waals surface area (Å²) in [5.74, 6) is 1.04. The van der Waals surface area contributed by atoms with Crippen LogP contribution in [-0.4, -0.2) is 24.6 Å². The van der Waals surface area contributed by atoms with Crippen molar-refractivity contribution >= 4 is 5.96 Å². The van der Waals surface area contributed by atoms with E-state index in [1.165, 1.54) is 12.1 Å². The van der Waals surface area contributed by atoms with Crippen molar-refractivity contribution in [2.45, 2.75) is 20.0 Å². The van der Waals surface area contributed by atoms with Crippen molar-refractivity contribution in [2.75, 3.05) is 13.7 Å². The molecular weight excluding hydrogens is 295 g/mol. The molecule has 23 heavy (non-hydrogen) atoms. The van der Waals surface area contributed by atoms with Gasteiger partial charge in [-0.05, 0) is 36.2 Å². The lowest BCUT2D eigenvalue weighted by atomic mass is 10.2. The van der Waals surface area contributed by atoms with Gasteiger partial charge < -0.3 is 15.4 Å². The van der Waals surface area contributed by atoms with Gasteiger partial charge >= 0.3 is 0 Å². The van der Waals surface area contributed by atoms with E-state index in [-0.39, 0.29) is 5.82 Å². The number of hydrogen-bond donors (Lipinski definition) is 2. The lowest BCUT2D eigenvalue weighted by Gasteiger charge is -2.11. The van der Waals surface area contributed by atoms with Gasteiger partial charge in [-0.15, -0.1) is 0 Å². The van der Waals surface area contributed by atoms with Crippen LogP contribution < -0.4 is 15.4 Å². The summed E-state index contributed by atoms with van der Waals surface area (Å²) in [7, 11) is 1.59. The standard InChI is InChI=1S/C17H21FN4O/c1-3-19-17(21-11-13-4-6-15(18)7-5-13)22-12-14-8-9-20-16(10-14)23-2/h4-10H,3,11-12H2,1-2H3,(H2,19,21,22). The minimum atomic E-state index is -0.235. The highest BCUT2D eigenvalue weighted by Crippen LogP contribution is 2.09. The fourth-order valence-electron chi connectivity index (χ4n) is 1.96. The second-order valence-corrected chi connectivity index (χ2v) is 4.88. The maximum absolute atomic E-state index is 12.9. The van der Waals surface area contributed by atoms with Crippen molar-refractivity contribution in [3.05, 3.63) is 59.5 Å². The maximum atomic E-state index is 12.9. The van der Waals surface area contributed by atoms with Crippen molar-refractivity contribution in [3.63, 3.8) is 0 Å². The quantitative estimate of drug-likeness (QED) is 0.635. The number of halogens is 1. The molecule has 0 unspecified atom stereocenters. The predicted molar refractivity (Wildman–Crippen MR) is 88.8 cm³/mol. The topological polar surface area (TPSA) is 58.5 Å². The van der Waals surface area contributed by atoms with Crippen LogP contribution in [0.15, 0.2) is 47.6 Å². The van der Waals surface area contributed by atoms with Gasteiger partial charge in [0, 0.05) is 25.4 Å². The summed E-state index contributed by atoms with van der Waals surface area (Å²) in [5, 5.41) is 6.41. The summed E-state index contributed by atoms with van der Waals surface area (Å²) < 4.78 is 18.0. The number of benzene rings is 1. The van der Waals surface area contributed by atoms with Crippen molar-refractivity contribution in [2.24, 2.45) is 4.99 Å². The zero-order valence-corrected chi connectivity index (χ0v) is 13.3. The molecule has 0 aliphatic carbocycles. The number of aromatic nitrogens is 1. The highest BCUT2D eigenvalue weighted by atomic mass is 19.1. The number of nitrogens with zero attached hydrogens (tertiary/aromatic N) is 2. The molecule has 1 aromatic heterocycles. The molecule has 0 saturated carbocycles. The Kier molecular flexibility index (Phi) is 6.35. The van der Waals surface area contributed by atoms with Crippen LogP contribution in [0.1, 0.15) is 18.1 Å². The second kappa shape index (κ2) is 8.73. The van der Waals surface area contributed by atoms with Crippen LogP contribution in [0.2, 0.25) is 0 Å². The molecule has 0 amide bonds. The fourth-order valence-corrected chi connectivity index (χ4v) is 1.96. The van der Waals surface area contributed by atoms with Crippen LogP contribution in [0, 0.1) is 5.82 Å². The Morgan fingerprint density at radius 2 is 1.96 bits per heavy atom. The van der Waals surface area contributed by atoms with Gasteiger partial charge in [-0.25, -0.2) is 14.4 Å². The SMILES string of the molecule is CCNC(=NCc1ccnc(OC)c1)NCc1ccc(F)cc1. The fraction of sp³-hybridized carbons (Fsp3) is 0.294. The van der Waals surface area contributed by atoms with E-state index in [0.29, 0.717) is 24.9 Å². The number of pyridine rings is 1. The van der Waals surface area contributed by atoms with Gasteiger partial charge in [0.2, 0.25) is 5.88 Å². The average molecular weight is 316 g/mol. The molecule has 5 nitrogen and oxygen atoms in total. The summed E-state index contributed by atoms with van der Waals surface area (Å²) in [6.45, 7) is 3.85. The first-order valence-electron chi connectivity index (χ1n) is 7.47. The Hall–Kier alpha value is -2.63. The molecule has 0 aliphatic rings. The normalized spacial score (nSPS) is 11.2. The first-order valence-corrected chi connectivity index (χ1v) is 7.47. The number of aliphatic imine (C=N–C) groups is 1. The van der Waals surface area contributed by atoms with E-state index in [0.717, 1.165) is 17.7 Å². The molecule has 1 heterocycles. The van der Waals surface area contributed by atoms with Gasteiger partial charge in [0.05, 0.1) is 13.7 Å². The van der Waals surface area contributed by atoms with Crippen LogP contribution in [0.4, 0.5) is 4.39 Å². The highest BCUT2D eigenvalue weighted by Gasteiger charge is 2.00. The molecule has 2 rings (SSSR count). The van der Waals surface area contributed by atoms with Crippen LogP contribution in [0.5, 0.6) is 5.88 Å². The average Bonchev–Trinajstić information content (AvgIpc) is 2.59. The van der Waals surface area contributed by atoms with Crippen molar-refractivity contribution in [1.29, 1.82) is 0 Å². The van der Waals surface area contributed by atoms with Crippen molar-refractivity contribution in [1.82, 2.24) is 15.6 Å². The molecule has 0 aliphatic heterocycles. The summed E-state index contributed by atoms with van der Waals surface area (Å²) in [6.07, 6.45) is 1.70. The molecule has 0 fully saturated rings. The van der Waals surface area contributed by atoms with Gasteiger partial charge in [-0.1, -0.05) is 12.1 Å². The van der Waals surface area contributed by atoms with Gasteiger partial charge in [-0.3, -0.25) is 0 Å². The summed E-state index contributed by atoms with van der Waals surface area (Å²) in [6, 6.07) is 10.1. The first kappa shape index (κ1) is 16.7. The first-order chi connectivity index (χ1) is 11.2. The lowest BCUT2D eigenvalue weighted by molar-refractivity contribution is 0.397. The van der Waals surface area contributed by atoms with E-state index in [2.05, 4.69) is 20.6 Å². The Labute approximate surface area is 135 Å². The number of ether oxygens (including phenoxy) is 1. The molecule has 0 saturated heterocycles. The van der Waals surface area contributed by atoms with Crippen LogP contribution in [0.3, 0.4) is 0 Å². The Morgan fingerprint density at radius 1 is 1.17 bits per heavy atom. The number of nitrogens with one attached hydrogen (secondary N) is 2. The van der Waals surface area contributed by atoms with E-state index in [1.54, 1.807) is 25.4 Å². The summed E-state index contributed by atoms with van der Waals surface area (Å²) >= 11 is 0. The third-order valence-electron chi connectivity index (χ3n) is 3.15. The van der Waals surface area contributed by atoms with E-state index in [4.69, 9.17) is 4.74 Å².